The van der Waals surface area contributed by atoms with Gasteiger partial charge in [0.15, 0.2) is 9.84 Å². The number of sulfone groups is 1. The Morgan fingerprint density at radius 1 is 1.30 bits per heavy atom. The quantitative estimate of drug-likeness (QED) is 0.927. The molecule has 1 aliphatic rings. The van der Waals surface area contributed by atoms with Crippen LogP contribution in [-0.2, 0) is 16.4 Å². The van der Waals surface area contributed by atoms with Gasteiger partial charge in [-0.15, -0.1) is 0 Å². The average molecular weight is 335 g/mol. The summed E-state index contributed by atoms with van der Waals surface area (Å²) in [7, 11) is 0.597. The molecular formula is C17H21NO4S. The summed E-state index contributed by atoms with van der Waals surface area (Å²) in [6.45, 7) is 0.497. The van der Waals surface area contributed by atoms with Crippen molar-refractivity contribution >= 4 is 20.6 Å². The van der Waals surface area contributed by atoms with Crippen LogP contribution in [0.5, 0.6) is 11.5 Å². The van der Waals surface area contributed by atoms with Crippen molar-refractivity contribution in [2.75, 3.05) is 25.7 Å². The fourth-order valence-corrected chi connectivity index (χ4v) is 4.95. The smallest absolute Gasteiger partial charge is 0.151 e. The van der Waals surface area contributed by atoms with Gasteiger partial charge in [-0.25, -0.2) is 8.42 Å². The van der Waals surface area contributed by atoms with Crippen LogP contribution in [0.1, 0.15) is 12.0 Å². The molecule has 1 atom stereocenters. The standard InChI is InChI=1S/C17H21NO4S/c1-18(13-7-8-23(20,21)11-13)10-16-15-9-14(22-2)5-3-12(15)4-6-17(16)19/h3-6,9,13,19H,7-8,10-11H2,1-2H3. The van der Waals surface area contributed by atoms with E-state index in [9.17, 15) is 13.5 Å². The Morgan fingerprint density at radius 3 is 2.70 bits per heavy atom. The van der Waals surface area contributed by atoms with E-state index >= 15 is 0 Å². The topological polar surface area (TPSA) is 66.8 Å². The average Bonchev–Trinajstić information content (AvgIpc) is 2.89. The SMILES string of the molecule is COc1ccc2ccc(O)c(CN(C)C3CCS(=O)(=O)C3)c2c1. The number of aromatic hydroxyl groups is 1. The summed E-state index contributed by atoms with van der Waals surface area (Å²) in [4.78, 5) is 2.01. The van der Waals surface area contributed by atoms with Gasteiger partial charge in [0.1, 0.15) is 11.5 Å². The van der Waals surface area contributed by atoms with Gasteiger partial charge in [-0.1, -0.05) is 12.1 Å². The van der Waals surface area contributed by atoms with Crippen LogP contribution in [0.15, 0.2) is 30.3 Å². The van der Waals surface area contributed by atoms with Gasteiger partial charge < -0.3 is 9.84 Å². The van der Waals surface area contributed by atoms with Crippen LogP contribution in [-0.4, -0.2) is 50.1 Å². The van der Waals surface area contributed by atoms with Crippen molar-refractivity contribution in [3.63, 3.8) is 0 Å². The Morgan fingerprint density at radius 2 is 2.04 bits per heavy atom. The van der Waals surface area contributed by atoms with Crippen LogP contribution < -0.4 is 4.74 Å². The van der Waals surface area contributed by atoms with Crippen LogP contribution in [0.3, 0.4) is 0 Å². The zero-order valence-electron chi connectivity index (χ0n) is 13.3. The number of hydrogen-bond donors (Lipinski definition) is 1. The predicted octanol–water partition coefficient (Wildman–Crippen LogP) is 2.17. The van der Waals surface area contributed by atoms with E-state index in [1.54, 1.807) is 13.2 Å². The van der Waals surface area contributed by atoms with Crippen LogP contribution in [0.2, 0.25) is 0 Å². The number of phenolic OH excluding ortho intramolecular Hbond substituents is 1. The lowest BCUT2D eigenvalue weighted by molar-refractivity contribution is 0.251. The first kappa shape index (κ1) is 16.1. The van der Waals surface area contributed by atoms with Crippen molar-refractivity contribution in [3.05, 3.63) is 35.9 Å². The monoisotopic (exact) mass is 335 g/mol. The normalized spacial score (nSPS) is 20.2. The number of fused-ring (bicyclic) bond motifs is 1. The zero-order valence-corrected chi connectivity index (χ0v) is 14.1. The summed E-state index contributed by atoms with van der Waals surface area (Å²) < 4.78 is 28.6. The summed E-state index contributed by atoms with van der Waals surface area (Å²) in [5.41, 5.74) is 0.799. The highest BCUT2D eigenvalue weighted by atomic mass is 32.2. The fraction of sp³-hybridized carbons (Fsp3) is 0.412. The van der Waals surface area contributed by atoms with Crippen molar-refractivity contribution in [1.29, 1.82) is 0 Å². The molecule has 0 aromatic heterocycles. The van der Waals surface area contributed by atoms with E-state index in [1.807, 2.05) is 36.2 Å². The molecule has 1 heterocycles. The zero-order chi connectivity index (χ0) is 16.6. The molecule has 0 amide bonds. The lowest BCUT2D eigenvalue weighted by Gasteiger charge is -2.24. The number of nitrogens with zero attached hydrogens (tertiary/aromatic N) is 1. The third kappa shape index (κ3) is 3.28. The summed E-state index contributed by atoms with van der Waals surface area (Å²) in [5.74, 6) is 1.39. The Kier molecular flexibility index (Phi) is 4.21. The molecule has 124 valence electrons. The number of ether oxygens (including phenoxy) is 1. The molecule has 23 heavy (non-hydrogen) atoms. The number of benzene rings is 2. The van der Waals surface area contributed by atoms with Gasteiger partial charge in [-0.3, -0.25) is 4.90 Å². The Balaban J connectivity index is 1.94. The molecule has 0 saturated carbocycles. The minimum Gasteiger partial charge on any atom is -0.508 e. The molecule has 3 rings (SSSR count). The molecule has 0 aliphatic carbocycles. The molecule has 2 aromatic carbocycles. The molecule has 0 radical (unpaired) electrons. The minimum absolute atomic E-state index is 0.000244. The van der Waals surface area contributed by atoms with E-state index in [4.69, 9.17) is 4.74 Å². The third-order valence-corrected chi connectivity index (χ3v) is 6.31. The molecule has 1 aliphatic heterocycles. The van der Waals surface area contributed by atoms with Gasteiger partial charge in [-0.2, -0.15) is 0 Å². The molecule has 1 fully saturated rings. The van der Waals surface area contributed by atoms with Gasteiger partial charge in [0.25, 0.3) is 0 Å². The third-order valence-electron chi connectivity index (χ3n) is 4.55. The van der Waals surface area contributed by atoms with Crippen LogP contribution in [0.4, 0.5) is 0 Å². The highest BCUT2D eigenvalue weighted by Gasteiger charge is 2.31. The molecule has 0 bridgehead atoms. The summed E-state index contributed by atoms with van der Waals surface area (Å²) >= 11 is 0. The van der Waals surface area contributed by atoms with Crippen molar-refractivity contribution in [1.82, 2.24) is 4.90 Å². The fourth-order valence-electron chi connectivity index (χ4n) is 3.14. The first-order valence-electron chi connectivity index (χ1n) is 7.59. The highest BCUT2D eigenvalue weighted by Crippen LogP contribution is 2.32. The van der Waals surface area contributed by atoms with Gasteiger partial charge in [-0.05, 0) is 42.4 Å². The number of phenols is 1. The Bertz CT molecular complexity index is 832. The number of hydrogen-bond acceptors (Lipinski definition) is 5. The van der Waals surface area contributed by atoms with Crippen molar-refractivity contribution in [2.24, 2.45) is 0 Å². The first-order chi connectivity index (χ1) is 10.9. The number of methoxy groups -OCH3 is 1. The molecule has 0 spiro atoms. The van der Waals surface area contributed by atoms with Crippen LogP contribution in [0, 0.1) is 0 Å². The van der Waals surface area contributed by atoms with Gasteiger partial charge >= 0.3 is 0 Å². The van der Waals surface area contributed by atoms with Gasteiger partial charge in [0.2, 0.25) is 0 Å². The van der Waals surface area contributed by atoms with E-state index < -0.39 is 9.84 Å². The second kappa shape index (κ2) is 6.02. The first-order valence-corrected chi connectivity index (χ1v) is 9.41. The predicted molar refractivity (Wildman–Crippen MR) is 90.7 cm³/mol. The Labute approximate surface area is 136 Å². The van der Waals surface area contributed by atoms with Gasteiger partial charge in [0, 0.05) is 18.2 Å². The van der Waals surface area contributed by atoms with Crippen molar-refractivity contribution < 1.29 is 18.3 Å². The summed E-state index contributed by atoms with van der Waals surface area (Å²) in [6, 6.07) is 9.30. The van der Waals surface area contributed by atoms with Crippen LogP contribution >= 0.6 is 0 Å². The van der Waals surface area contributed by atoms with Crippen molar-refractivity contribution in [3.8, 4) is 11.5 Å². The maximum atomic E-state index is 11.7. The molecule has 1 N–H and O–H groups in total. The maximum absolute atomic E-state index is 11.7. The molecule has 1 unspecified atom stereocenters. The van der Waals surface area contributed by atoms with E-state index in [0.717, 1.165) is 22.1 Å². The maximum Gasteiger partial charge on any atom is 0.151 e. The Hall–Kier alpha value is -1.79. The minimum atomic E-state index is -2.92. The largest absolute Gasteiger partial charge is 0.508 e. The van der Waals surface area contributed by atoms with E-state index in [-0.39, 0.29) is 23.3 Å². The second-order valence-electron chi connectivity index (χ2n) is 6.12. The molecular weight excluding hydrogens is 314 g/mol. The van der Waals surface area contributed by atoms with E-state index in [1.165, 1.54) is 0 Å². The van der Waals surface area contributed by atoms with E-state index in [2.05, 4.69) is 0 Å². The van der Waals surface area contributed by atoms with Crippen LogP contribution in [0.25, 0.3) is 10.8 Å². The summed E-state index contributed by atoms with van der Waals surface area (Å²) in [6.07, 6.45) is 0.647. The van der Waals surface area contributed by atoms with Gasteiger partial charge in [0.05, 0.1) is 18.6 Å². The molecule has 5 nitrogen and oxygen atoms in total. The lowest BCUT2D eigenvalue weighted by atomic mass is 10.0. The number of rotatable bonds is 4. The van der Waals surface area contributed by atoms with E-state index in [0.29, 0.717) is 13.0 Å². The molecule has 2 aromatic rings. The second-order valence-corrected chi connectivity index (χ2v) is 8.35. The molecule has 6 heteroatoms. The molecule has 1 saturated heterocycles. The highest BCUT2D eigenvalue weighted by molar-refractivity contribution is 7.91. The summed E-state index contributed by atoms with van der Waals surface area (Å²) in [5, 5.41) is 12.2. The lowest BCUT2D eigenvalue weighted by Crippen LogP contribution is -2.32. The van der Waals surface area contributed by atoms with Crippen molar-refractivity contribution in [2.45, 2.75) is 19.0 Å².